The lowest BCUT2D eigenvalue weighted by Gasteiger charge is -2.26. The van der Waals surface area contributed by atoms with Gasteiger partial charge in [-0.3, -0.25) is 5.84 Å². The molecule has 0 aliphatic heterocycles. The molecule has 0 saturated heterocycles. The van der Waals surface area contributed by atoms with E-state index in [4.69, 9.17) is 21.9 Å². The van der Waals surface area contributed by atoms with Crippen molar-refractivity contribution in [2.24, 2.45) is 11.8 Å². The van der Waals surface area contributed by atoms with Crippen LogP contribution in [0.15, 0.2) is 28.7 Å². The number of hydrazine groups is 1. The standard InChI is InChI=1S/C17H23ClN2O/c18-14-8-9-15-13(10-14)11-16(21-15)17(20-19)12-6-4-2-1-3-5-7-12/h8-12,17,20H,1-7,19H2. The Kier molecular flexibility index (Phi) is 4.84. The van der Waals surface area contributed by atoms with Crippen molar-refractivity contribution in [3.05, 3.63) is 35.0 Å². The van der Waals surface area contributed by atoms with E-state index < -0.39 is 0 Å². The zero-order chi connectivity index (χ0) is 14.7. The molecule has 1 fully saturated rings. The Hall–Kier alpha value is -1.03. The second-order valence-electron chi connectivity index (χ2n) is 6.08. The van der Waals surface area contributed by atoms with Gasteiger partial charge in [-0.1, -0.05) is 43.7 Å². The number of halogens is 1. The third kappa shape index (κ3) is 3.42. The average Bonchev–Trinajstić information content (AvgIpc) is 2.84. The van der Waals surface area contributed by atoms with Gasteiger partial charge in [-0.25, -0.2) is 5.43 Å². The van der Waals surface area contributed by atoms with Crippen LogP contribution in [0, 0.1) is 5.92 Å². The van der Waals surface area contributed by atoms with E-state index in [0.29, 0.717) is 5.92 Å². The van der Waals surface area contributed by atoms with Crippen LogP contribution >= 0.6 is 11.6 Å². The smallest absolute Gasteiger partial charge is 0.134 e. The molecule has 1 aromatic carbocycles. The Morgan fingerprint density at radius 2 is 1.81 bits per heavy atom. The summed E-state index contributed by atoms with van der Waals surface area (Å²) >= 11 is 6.05. The third-order valence-corrected chi connectivity index (χ3v) is 4.84. The molecule has 1 unspecified atom stereocenters. The quantitative estimate of drug-likeness (QED) is 0.623. The average molecular weight is 307 g/mol. The summed E-state index contributed by atoms with van der Waals surface area (Å²) in [5, 5.41) is 1.78. The van der Waals surface area contributed by atoms with Crippen LogP contribution < -0.4 is 11.3 Å². The SMILES string of the molecule is NNC(c1cc2cc(Cl)ccc2o1)C1CCCCCCC1. The fraction of sp³-hybridized carbons (Fsp3) is 0.529. The van der Waals surface area contributed by atoms with Gasteiger partial charge in [-0.05, 0) is 43.0 Å². The molecule has 3 N–H and O–H groups in total. The highest BCUT2D eigenvalue weighted by Gasteiger charge is 2.25. The number of benzene rings is 1. The summed E-state index contributed by atoms with van der Waals surface area (Å²) in [6.07, 6.45) is 9.05. The Bertz CT molecular complexity index is 587. The lowest BCUT2D eigenvalue weighted by atomic mass is 9.85. The number of fused-ring (bicyclic) bond motifs is 1. The Balaban J connectivity index is 1.85. The molecule has 0 radical (unpaired) electrons. The fourth-order valence-corrected chi connectivity index (χ4v) is 3.64. The first-order chi connectivity index (χ1) is 10.3. The molecule has 1 aromatic heterocycles. The van der Waals surface area contributed by atoms with Crippen LogP contribution in [-0.2, 0) is 0 Å². The maximum absolute atomic E-state index is 6.05. The van der Waals surface area contributed by atoms with E-state index in [1.165, 1.54) is 44.9 Å². The molecular weight excluding hydrogens is 284 g/mol. The van der Waals surface area contributed by atoms with Gasteiger partial charge in [0.25, 0.3) is 0 Å². The lowest BCUT2D eigenvalue weighted by Crippen LogP contribution is -2.33. The largest absolute Gasteiger partial charge is 0.459 e. The highest BCUT2D eigenvalue weighted by Crippen LogP contribution is 2.35. The molecule has 3 nitrogen and oxygen atoms in total. The maximum atomic E-state index is 6.05. The molecule has 21 heavy (non-hydrogen) atoms. The van der Waals surface area contributed by atoms with Crippen molar-refractivity contribution in [3.63, 3.8) is 0 Å². The van der Waals surface area contributed by atoms with E-state index in [1.807, 2.05) is 18.2 Å². The minimum absolute atomic E-state index is 0.0919. The normalized spacial score (nSPS) is 19.3. The number of furan rings is 1. The number of hydrogen-bond donors (Lipinski definition) is 2. The molecule has 1 heterocycles. The monoisotopic (exact) mass is 306 g/mol. The minimum Gasteiger partial charge on any atom is -0.459 e. The summed E-state index contributed by atoms with van der Waals surface area (Å²) in [4.78, 5) is 0. The van der Waals surface area contributed by atoms with Gasteiger partial charge in [0.15, 0.2) is 0 Å². The molecule has 1 aliphatic carbocycles. The van der Waals surface area contributed by atoms with Gasteiger partial charge in [0.2, 0.25) is 0 Å². The van der Waals surface area contributed by atoms with E-state index >= 15 is 0 Å². The van der Waals surface area contributed by atoms with E-state index in [2.05, 4.69) is 11.5 Å². The van der Waals surface area contributed by atoms with Crippen molar-refractivity contribution < 1.29 is 4.42 Å². The van der Waals surface area contributed by atoms with E-state index in [1.54, 1.807) is 0 Å². The molecule has 4 heteroatoms. The summed E-state index contributed by atoms with van der Waals surface area (Å²) in [7, 11) is 0. The van der Waals surface area contributed by atoms with Gasteiger partial charge in [0.1, 0.15) is 11.3 Å². The second-order valence-corrected chi connectivity index (χ2v) is 6.52. The van der Waals surface area contributed by atoms with Crippen LogP contribution in [0.5, 0.6) is 0 Å². The molecule has 3 rings (SSSR count). The van der Waals surface area contributed by atoms with Crippen molar-refractivity contribution in [2.75, 3.05) is 0 Å². The zero-order valence-corrected chi connectivity index (χ0v) is 13.0. The number of hydrogen-bond acceptors (Lipinski definition) is 3. The van der Waals surface area contributed by atoms with Crippen LogP contribution in [0.1, 0.15) is 56.7 Å². The number of nitrogens with two attached hydrogens (primary N) is 1. The number of rotatable bonds is 3. The first-order valence-electron chi connectivity index (χ1n) is 7.93. The Morgan fingerprint density at radius 1 is 1.10 bits per heavy atom. The van der Waals surface area contributed by atoms with Crippen LogP contribution in [-0.4, -0.2) is 0 Å². The first kappa shape index (κ1) is 14.9. The summed E-state index contributed by atoms with van der Waals surface area (Å²) in [5.74, 6) is 7.32. The molecule has 114 valence electrons. The zero-order valence-electron chi connectivity index (χ0n) is 12.3. The molecule has 1 atom stereocenters. The van der Waals surface area contributed by atoms with Crippen LogP contribution in [0.25, 0.3) is 11.0 Å². The Morgan fingerprint density at radius 3 is 2.52 bits per heavy atom. The van der Waals surface area contributed by atoms with Crippen molar-refractivity contribution in [3.8, 4) is 0 Å². The molecule has 0 bridgehead atoms. The van der Waals surface area contributed by atoms with Gasteiger partial charge < -0.3 is 4.42 Å². The van der Waals surface area contributed by atoms with Gasteiger partial charge in [0, 0.05) is 10.4 Å². The minimum atomic E-state index is 0.0919. The topological polar surface area (TPSA) is 51.2 Å². The van der Waals surface area contributed by atoms with Crippen molar-refractivity contribution in [2.45, 2.75) is 51.0 Å². The highest BCUT2D eigenvalue weighted by molar-refractivity contribution is 6.31. The van der Waals surface area contributed by atoms with Crippen LogP contribution in [0.3, 0.4) is 0 Å². The Labute approximate surface area is 130 Å². The summed E-state index contributed by atoms with van der Waals surface area (Å²) in [6, 6.07) is 7.89. The molecule has 0 amide bonds. The van der Waals surface area contributed by atoms with E-state index in [-0.39, 0.29) is 6.04 Å². The van der Waals surface area contributed by atoms with Crippen LogP contribution in [0.2, 0.25) is 5.02 Å². The van der Waals surface area contributed by atoms with Crippen molar-refractivity contribution >= 4 is 22.6 Å². The molecule has 1 aliphatic rings. The number of nitrogens with one attached hydrogen (secondary N) is 1. The van der Waals surface area contributed by atoms with E-state index in [0.717, 1.165) is 21.8 Å². The lowest BCUT2D eigenvalue weighted by molar-refractivity contribution is 0.263. The van der Waals surface area contributed by atoms with Gasteiger partial charge in [-0.2, -0.15) is 0 Å². The van der Waals surface area contributed by atoms with Gasteiger partial charge in [0.05, 0.1) is 6.04 Å². The van der Waals surface area contributed by atoms with Crippen LogP contribution in [0.4, 0.5) is 0 Å². The third-order valence-electron chi connectivity index (χ3n) is 4.60. The molecule has 2 aromatic rings. The van der Waals surface area contributed by atoms with Crippen molar-refractivity contribution in [1.29, 1.82) is 0 Å². The molecular formula is C17H23ClN2O. The molecule has 0 spiro atoms. The highest BCUT2D eigenvalue weighted by atomic mass is 35.5. The summed E-state index contributed by atoms with van der Waals surface area (Å²) in [5.41, 5.74) is 3.86. The second kappa shape index (κ2) is 6.82. The summed E-state index contributed by atoms with van der Waals surface area (Å²) in [6.45, 7) is 0. The maximum Gasteiger partial charge on any atom is 0.134 e. The summed E-state index contributed by atoms with van der Waals surface area (Å²) < 4.78 is 6.00. The molecule has 1 saturated carbocycles. The van der Waals surface area contributed by atoms with Crippen molar-refractivity contribution in [1.82, 2.24) is 5.43 Å². The first-order valence-corrected chi connectivity index (χ1v) is 8.31. The fourth-order valence-electron chi connectivity index (χ4n) is 3.46. The van der Waals surface area contributed by atoms with Gasteiger partial charge in [-0.15, -0.1) is 0 Å². The van der Waals surface area contributed by atoms with E-state index in [9.17, 15) is 0 Å². The predicted octanol–water partition coefficient (Wildman–Crippen LogP) is 4.95. The predicted molar refractivity (Wildman–Crippen MR) is 87.1 cm³/mol. The van der Waals surface area contributed by atoms with Gasteiger partial charge >= 0.3 is 0 Å².